The summed E-state index contributed by atoms with van der Waals surface area (Å²) in [4.78, 5) is 16.4. The van der Waals surface area contributed by atoms with E-state index in [1.165, 1.54) is 6.07 Å². The molecule has 1 fully saturated rings. The normalized spacial score (nSPS) is 18.8. The predicted molar refractivity (Wildman–Crippen MR) is 82.3 cm³/mol. The molecular formula is C16H18F2N4O2. The molecule has 0 N–H and O–H groups in total. The molecule has 1 amide bonds. The van der Waals surface area contributed by atoms with Crippen LogP contribution in [0.3, 0.4) is 0 Å². The fourth-order valence-electron chi connectivity index (χ4n) is 2.86. The zero-order chi connectivity index (χ0) is 17.3. The van der Waals surface area contributed by atoms with E-state index >= 15 is 0 Å². The molecule has 2 aromatic rings. The van der Waals surface area contributed by atoms with Gasteiger partial charge in [0.25, 0.3) is 5.89 Å². The number of carbonyl (C=O) groups excluding carboxylic acids is 1. The molecule has 24 heavy (non-hydrogen) atoms. The Bertz CT molecular complexity index is 729. The Hall–Kier alpha value is -2.35. The number of aromatic nitrogens is 2. The molecular weight excluding hydrogens is 318 g/mol. The number of amides is 1. The molecule has 1 aromatic heterocycles. The van der Waals surface area contributed by atoms with Crippen LogP contribution in [-0.4, -0.2) is 58.1 Å². The maximum absolute atomic E-state index is 13.8. The van der Waals surface area contributed by atoms with Gasteiger partial charge in [-0.05, 0) is 25.6 Å². The number of hydrogen-bond donors (Lipinski definition) is 0. The Labute approximate surface area is 138 Å². The summed E-state index contributed by atoms with van der Waals surface area (Å²) in [6.07, 6.45) is 0. The second kappa shape index (κ2) is 6.64. The third-order valence-electron chi connectivity index (χ3n) is 4.20. The summed E-state index contributed by atoms with van der Waals surface area (Å²) in [6.45, 7) is 6.98. The molecule has 0 spiro atoms. The fourth-order valence-corrected chi connectivity index (χ4v) is 2.86. The van der Waals surface area contributed by atoms with Crippen LogP contribution in [0.25, 0.3) is 11.5 Å². The van der Waals surface area contributed by atoms with Gasteiger partial charge in [0.2, 0.25) is 0 Å². The minimum Gasteiger partial charge on any atom is -0.412 e. The van der Waals surface area contributed by atoms with Crippen molar-refractivity contribution in [1.82, 2.24) is 20.0 Å². The average Bonchev–Trinajstić information content (AvgIpc) is 3.03. The number of likely N-dealkylation sites (N-methyl/N-ethyl adjacent to an activating group) is 1. The average molecular weight is 336 g/mol. The van der Waals surface area contributed by atoms with Gasteiger partial charge < -0.3 is 9.32 Å². The second-order valence-electron chi connectivity index (χ2n) is 5.75. The first kappa shape index (κ1) is 16.5. The minimum atomic E-state index is -0.817. The standard InChI is InChI=1S/C16H18F2N4O2/c1-3-21-7-8-22(10(2)9-21)16(23)15-20-19-14(24-15)13-11(17)5-4-6-12(13)18/h4-6,10H,3,7-9H2,1-2H3. The highest BCUT2D eigenvalue weighted by Crippen LogP contribution is 2.25. The third-order valence-corrected chi connectivity index (χ3v) is 4.20. The molecule has 1 unspecified atom stereocenters. The molecule has 1 aliphatic rings. The predicted octanol–water partition coefficient (Wildman–Crippen LogP) is 2.18. The molecule has 8 heteroatoms. The minimum absolute atomic E-state index is 0.00764. The van der Waals surface area contributed by atoms with Gasteiger partial charge in [-0.3, -0.25) is 9.69 Å². The molecule has 1 aliphatic heterocycles. The van der Waals surface area contributed by atoms with Crippen molar-refractivity contribution < 1.29 is 18.0 Å². The highest BCUT2D eigenvalue weighted by atomic mass is 19.1. The topological polar surface area (TPSA) is 62.5 Å². The van der Waals surface area contributed by atoms with Crippen molar-refractivity contribution in [2.75, 3.05) is 26.2 Å². The van der Waals surface area contributed by atoms with Gasteiger partial charge in [0, 0.05) is 25.7 Å². The Morgan fingerprint density at radius 1 is 1.29 bits per heavy atom. The van der Waals surface area contributed by atoms with E-state index in [0.717, 1.165) is 31.8 Å². The van der Waals surface area contributed by atoms with Crippen molar-refractivity contribution >= 4 is 5.91 Å². The number of carbonyl (C=O) groups is 1. The molecule has 1 saturated heterocycles. The maximum atomic E-state index is 13.8. The fraction of sp³-hybridized carbons (Fsp3) is 0.438. The monoisotopic (exact) mass is 336 g/mol. The van der Waals surface area contributed by atoms with Gasteiger partial charge in [0.05, 0.1) is 0 Å². The van der Waals surface area contributed by atoms with E-state index in [1.807, 2.05) is 6.92 Å². The lowest BCUT2D eigenvalue weighted by atomic mass is 10.2. The number of benzene rings is 1. The highest BCUT2D eigenvalue weighted by Gasteiger charge is 2.31. The number of nitrogens with zero attached hydrogens (tertiary/aromatic N) is 4. The first-order valence-corrected chi connectivity index (χ1v) is 7.82. The summed E-state index contributed by atoms with van der Waals surface area (Å²) in [7, 11) is 0. The smallest absolute Gasteiger partial charge is 0.311 e. The lowest BCUT2D eigenvalue weighted by molar-refractivity contribution is 0.0463. The first-order chi connectivity index (χ1) is 11.5. The quantitative estimate of drug-likeness (QED) is 0.860. The molecule has 0 radical (unpaired) electrons. The summed E-state index contributed by atoms with van der Waals surface area (Å²) in [5.41, 5.74) is -0.423. The van der Waals surface area contributed by atoms with Crippen LogP contribution >= 0.6 is 0 Å². The van der Waals surface area contributed by atoms with E-state index < -0.39 is 23.1 Å². The van der Waals surface area contributed by atoms with Crippen LogP contribution in [-0.2, 0) is 0 Å². The summed E-state index contributed by atoms with van der Waals surface area (Å²) < 4.78 is 32.8. The molecule has 1 aromatic carbocycles. The van der Waals surface area contributed by atoms with Crippen LogP contribution in [0, 0.1) is 11.6 Å². The van der Waals surface area contributed by atoms with Crippen molar-refractivity contribution in [3.05, 3.63) is 35.7 Å². The van der Waals surface area contributed by atoms with E-state index in [2.05, 4.69) is 22.0 Å². The van der Waals surface area contributed by atoms with Crippen molar-refractivity contribution in [2.45, 2.75) is 19.9 Å². The molecule has 6 nitrogen and oxygen atoms in total. The van der Waals surface area contributed by atoms with Crippen LogP contribution in [0.15, 0.2) is 22.6 Å². The summed E-state index contributed by atoms with van der Waals surface area (Å²) in [5, 5.41) is 7.29. The van der Waals surface area contributed by atoms with E-state index in [9.17, 15) is 13.6 Å². The Morgan fingerprint density at radius 3 is 2.62 bits per heavy atom. The van der Waals surface area contributed by atoms with Crippen molar-refractivity contribution in [3.63, 3.8) is 0 Å². The maximum Gasteiger partial charge on any atom is 0.311 e. The molecule has 0 bridgehead atoms. The molecule has 2 heterocycles. The third kappa shape index (κ3) is 3.01. The number of piperazine rings is 1. The molecule has 0 aliphatic carbocycles. The van der Waals surface area contributed by atoms with Crippen LogP contribution in [0.5, 0.6) is 0 Å². The molecule has 0 saturated carbocycles. The number of hydrogen-bond acceptors (Lipinski definition) is 5. The van der Waals surface area contributed by atoms with Gasteiger partial charge in [-0.2, -0.15) is 0 Å². The first-order valence-electron chi connectivity index (χ1n) is 7.82. The largest absolute Gasteiger partial charge is 0.412 e. The number of halogens is 2. The summed E-state index contributed by atoms with van der Waals surface area (Å²) >= 11 is 0. The van der Waals surface area contributed by atoms with Gasteiger partial charge in [-0.1, -0.05) is 13.0 Å². The van der Waals surface area contributed by atoms with E-state index in [0.29, 0.717) is 6.54 Å². The van der Waals surface area contributed by atoms with Gasteiger partial charge in [-0.15, -0.1) is 10.2 Å². The van der Waals surface area contributed by atoms with Gasteiger partial charge in [0.15, 0.2) is 0 Å². The lowest BCUT2D eigenvalue weighted by Crippen LogP contribution is -2.53. The van der Waals surface area contributed by atoms with Gasteiger partial charge in [0.1, 0.15) is 17.2 Å². The lowest BCUT2D eigenvalue weighted by Gasteiger charge is -2.38. The van der Waals surface area contributed by atoms with Crippen LogP contribution in [0.2, 0.25) is 0 Å². The van der Waals surface area contributed by atoms with E-state index in [-0.39, 0.29) is 17.8 Å². The highest BCUT2D eigenvalue weighted by molar-refractivity contribution is 5.90. The zero-order valence-corrected chi connectivity index (χ0v) is 13.5. The van der Waals surface area contributed by atoms with Crippen LogP contribution in [0.1, 0.15) is 24.5 Å². The number of rotatable bonds is 3. The summed E-state index contributed by atoms with van der Waals surface area (Å²) in [5.74, 6) is -2.66. The molecule has 128 valence electrons. The van der Waals surface area contributed by atoms with Crippen LogP contribution < -0.4 is 0 Å². The van der Waals surface area contributed by atoms with Crippen molar-refractivity contribution in [1.29, 1.82) is 0 Å². The molecule has 3 rings (SSSR count). The van der Waals surface area contributed by atoms with E-state index in [1.54, 1.807) is 4.90 Å². The van der Waals surface area contributed by atoms with Gasteiger partial charge >= 0.3 is 11.8 Å². The Balaban J connectivity index is 1.82. The zero-order valence-electron chi connectivity index (χ0n) is 13.5. The Kier molecular flexibility index (Phi) is 4.57. The molecule has 1 atom stereocenters. The van der Waals surface area contributed by atoms with E-state index in [4.69, 9.17) is 4.42 Å². The second-order valence-corrected chi connectivity index (χ2v) is 5.75. The van der Waals surface area contributed by atoms with Gasteiger partial charge in [-0.25, -0.2) is 8.78 Å². The SMILES string of the molecule is CCN1CCN(C(=O)c2nnc(-c3c(F)cccc3F)o2)C(C)C1. The van der Waals surface area contributed by atoms with Crippen molar-refractivity contribution in [2.24, 2.45) is 0 Å². The Morgan fingerprint density at radius 2 is 2.00 bits per heavy atom. The summed E-state index contributed by atoms with van der Waals surface area (Å²) in [6, 6.07) is 3.42. The van der Waals surface area contributed by atoms with Crippen LogP contribution in [0.4, 0.5) is 8.78 Å². The van der Waals surface area contributed by atoms with Crippen molar-refractivity contribution in [3.8, 4) is 11.5 Å².